The van der Waals surface area contributed by atoms with Gasteiger partial charge < -0.3 is 9.64 Å². The van der Waals surface area contributed by atoms with Gasteiger partial charge in [0.2, 0.25) is 5.91 Å². The van der Waals surface area contributed by atoms with Crippen molar-refractivity contribution in [2.24, 2.45) is 0 Å². The lowest BCUT2D eigenvalue weighted by Gasteiger charge is -2.42. The maximum absolute atomic E-state index is 13.0. The lowest BCUT2D eigenvalue weighted by molar-refractivity contribution is -0.129. The molecule has 0 aromatic heterocycles. The van der Waals surface area contributed by atoms with Crippen LogP contribution in [0.5, 0.6) is 5.75 Å². The van der Waals surface area contributed by atoms with E-state index in [1.807, 2.05) is 49.4 Å². The number of aryl methyl sites for hydroxylation is 1. The molecule has 2 aliphatic rings. The van der Waals surface area contributed by atoms with E-state index >= 15 is 0 Å². The van der Waals surface area contributed by atoms with Crippen molar-refractivity contribution in [2.45, 2.75) is 19.3 Å². The number of thioether (sulfide) groups is 1. The van der Waals surface area contributed by atoms with Crippen LogP contribution in [0.25, 0.3) is 0 Å². The Morgan fingerprint density at radius 3 is 2.79 bits per heavy atom. The van der Waals surface area contributed by atoms with Crippen molar-refractivity contribution in [1.29, 1.82) is 5.26 Å². The minimum atomic E-state index is -0.289. The van der Waals surface area contributed by atoms with E-state index in [0.717, 1.165) is 21.8 Å². The summed E-state index contributed by atoms with van der Waals surface area (Å²) in [5.74, 6) is 1.06. The van der Waals surface area contributed by atoms with E-state index < -0.39 is 0 Å². The van der Waals surface area contributed by atoms with E-state index in [-0.39, 0.29) is 18.2 Å². The average molecular weight is 426 g/mol. The fourth-order valence-corrected chi connectivity index (χ4v) is 5.07. The summed E-state index contributed by atoms with van der Waals surface area (Å²) in [6, 6.07) is 15.9. The predicted molar refractivity (Wildman–Crippen MR) is 116 cm³/mol. The fraction of sp³-hybridized carbons (Fsp3) is 0.273. The van der Waals surface area contributed by atoms with Crippen LogP contribution in [0.4, 0.5) is 5.69 Å². The molecule has 5 nitrogen and oxygen atoms in total. The number of anilines is 1. The molecule has 0 saturated carbocycles. The number of rotatable bonds is 3. The molecule has 1 fully saturated rings. The molecule has 0 aliphatic carbocycles. The second kappa shape index (κ2) is 8.02. The Kier molecular flexibility index (Phi) is 5.44. The first-order valence-corrected chi connectivity index (χ1v) is 10.6. The molecule has 148 valence electrons. The fourth-order valence-electron chi connectivity index (χ4n) is 3.72. The Hall–Kier alpha value is -2.62. The number of nitrogens with zero attached hydrogens (tertiary/aromatic N) is 3. The molecule has 1 unspecified atom stereocenters. The predicted octanol–water partition coefficient (Wildman–Crippen LogP) is 4.88. The quantitative estimate of drug-likeness (QED) is 0.701. The first-order chi connectivity index (χ1) is 14.0. The molecule has 0 bridgehead atoms. The molecule has 29 heavy (non-hydrogen) atoms. The zero-order valence-electron chi connectivity index (χ0n) is 16.2. The Balaban J connectivity index is 1.68. The average Bonchev–Trinajstić information content (AvgIpc) is 2.75. The van der Waals surface area contributed by atoms with Crippen LogP contribution in [-0.2, 0) is 4.79 Å². The molecule has 2 heterocycles. The molecule has 0 radical (unpaired) electrons. The minimum absolute atomic E-state index is 0.00492. The van der Waals surface area contributed by atoms with Crippen LogP contribution in [0.2, 0.25) is 5.02 Å². The molecule has 0 N–H and O–H groups in total. The number of nitriles is 1. The summed E-state index contributed by atoms with van der Waals surface area (Å²) in [6.45, 7) is 2.37. The third-order valence-corrected chi connectivity index (χ3v) is 6.89. The van der Waals surface area contributed by atoms with E-state index in [0.29, 0.717) is 28.9 Å². The highest BCUT2D eigenvalue weighted by Crippen LogP contribution is 2.45. The highest BCUT2D eigenvalue weighted by Gasteiger charge is 2.39. The zero-order chi connectivity index (χ0) is 20.5. The van der Waals surface area contributed by atoms with Crippen molar-refractivity contribution in [3.8, 4) is 11.8 Å². The number of carbonyl (C=O) groups excluding carboxylic acids is 1. The van der Waals surface area contributed by atoms with Crippen LogP contribution in [0.15, 0.2) is 53.1 Å². The van der Waals surface area contributed by atoms with Gasteiger partial charge in [-0.1, -0.05) is 47.6 Å². The number of halogens is 1. The maximum Gasteiger partial charge on any atom is 0.229 e. The molecule has 4 rings (SSSR count). The minimum Gasteiger partial charge on any atom is -0.496 e. The van der Waals surface area contributed by atoms with Crippen LogP contribution in [0.3, 0.4) is 0 Å². The summed E-state index contributed by atoms with van der Waals surface area (Å²) in [5, 5.41) is 11.4. The van der Waals surface area contributed by atoms with Gasteiger partial charge in [0, 0.05) is 28.6 Å². The molecule has 0 spiro atoms. The number of hydrogen-bond donors (Lipinski definition) is 0. The monoisotopic (exact) mass is 425 g/mol. The third-order valence-electron chi connectivity index (χ3n) is 5.33. The van der Waals surface area contributed by atoms with Gasteiger partial charge in [0.1, 0.15) is 5.75 Å². The van der Waals surface area contributed by atoms with Gasteiger partial charge in [0.05, 0.1) is 36.3 Å². The first-order valence-electron chi connectivity index (χ1n) is 9.25. The number of hydrogen-bond acceptors (Lipinski definition) is 5. The lowest BCUT2D eigenvalue weighted by Crippen LogP contribution is -2.47. The SMILES string of the molecule is COc1ccccc1C1CC(=O)N2CN(c3ccc(C)c(Cl)c3)CSC2=C1C#N. The van der Waals surface area contributed by atoms with Crippen molar-refractivity contribution < 1.29 is 9.53 Å². The standard InChI is InChI=1S/C22H20ClN3O2S/c1-14-7-8-15(9-19(14)23)25-12-26-21(27)10-17(18(11-24)22(26)29-13-25)16-5-3-4-6-20(16)28-2/h3-9,17H,10,12-13H2,1-2H3. The summed E-state index contributed by atoms with van der Waals surface area (Å²) < 4.78 is 5.47. The lowest BCUT2D eigenvalue weighted by atomic mass is 9.86. The second-order valence-electron chi connectivity index (χ2n) is 7.04. The maximum atomic E-state index is 13.0. The van der Waals surface area contributed by atoms with E-state index in [4.69, 9.17) is 16.3 Å². The number of para-hydroxylation sites is 1. The summed E-state index contributed by atoms with van der Waals surface area (Å²) >= 11 is 7.79. The Bertz CT molecular complexity index is 1050. The van der Waals surface area contributed by atoms with Crippen LogP contribution in [0.1, 0.15) is 23.5 Å². The Labute approximate surface area is 179 Å². The van der Waals surface area contributed by atoms with E-state index in [1.54, 1.807) is 12.0 Å². The molecular weight excluding hydrogens is 406 g/mol. The highest BCUT2D eigenvalue weighted by molar-refractivity contribution is 8.03. The van der Waals surface area contributed by atoms with Crippen molar-refractivity contribution in [2.75, 3.05) is 24.6 Å². The first kappa shape index (κ1) is 19.7. The van der Waals surface area contributed by atoms with Crippen molar-refractivity contribution in [3.63, 3.8) is 0 Å². The van der Waals surface area contributed by atoms with Crippen LogP contribution in [0, 0.1) is 18.3 Å². The van der Waals surface area contributed by atoms with E-state index in [1.165, 1.54) is 11.8 Å². The van der Waals surface area contributed by atoms with E-state index in [2.05, 4.69) is 11.0 Å². The number of allylic oxidation sites excluding steroid dienone is 1. The number of ether oxygens (including phenoxy) is 1. The van der Waals surface area contributed by atoms with Crippen LogP contribution >= 0.6 is 23.4 Å². The van der Waals surface area contributed by atoms with Gasteiger partial charge in [0.15, 0.2) is 0 Å². The van der Waals surface area contributed by atoms with Gasteiger partial charge in [-0.25, -0.2) is 0 Å². The van der Waals surface area contributed by atoms with Gasteiger partial charge in [-0.05, 0) is 30.7 Å². The highest BCUT2D eigenvalue weighted by atomic mass is 35.5. The summed E-state index contributed by atoms with van der Waals surface area (Å²) in [6.07, 6.45) is 0.246. The Morgan fingerprint density at radius 1 is 1.28 bits per heavy atom. The number of benzene rings is 2. The van der Waals surface area contributed by atoms with Gasteiger partial charge >= 0.3 is 0 Å². The molecule has 2 aromatic rings. The number of fused-ring (bicyclic) bond motifs is 1. The molecule has 1 saturated heterocycles. The van der Waals surface area contributed by atoms with E-state index in [9.17, 15) is 10.1 Å². The van der Waals surface area contributed by atoms with Gasteiger partial charge in [-0.3, -0.25) is 9.69 Å². The Morgan fingerprint density at radius 2 is 2.07 bits per heavy atom. The molecule has 1 atom stereocenters. The molecule has 7 heteroatoms. The third kappa shape index (κ3) is 3.57. The van der Waals surface area contributed by atoms with Crippen LogP contribution < -0.4 is 9.64 Å². The zero-order valence-corrected chi connectivity index (χ0v) is 17.8. The van der Waals surface area contributed by atoms with Crippen molar-refractivity contribution >= 4 is 35.0 Å². The number of methoxy groups -OCH3 is 1. The summed E-state index contributed by atoms with van der Waals surface area (Å²) in [7, 11) is 1.61. The number of amides is 1. The van der Waals surface area contributed by atoms with Crippen molar-refractivity contribution in [3.05, 3.63) is 69.2 Å². The second-order valence-corrected chi connectivity index (χ2v) is 8.38. The van der Waals surface area contributed by atoms with Crippen molar-refractivity contribution in [1.82, 2.24) is 4.90 Å². The van der Waals surface area contributed by atoms with Gasteiger partial charge in [-0.2, -0.15) is 5.26 Å². The van der Waals surface area contributed by atoms with Crippen LogP contribution in [-0.4, -0.2) is 30.5 Å². The summed E-state index contributed by atoms with van der Waals surface area (Å²) in [5.41, 5.74) is 3.48. The molecule has 2 aliphatic heterocycles. The smallest absolute Gasteiger partial charge is 0.229 e. The van der Waals surface area contributed by atoms with Gasteiger partial charge in [0.25, 0.3) is 0 Å². The largest absolute Gasteiger partial charge is 0.496 e. The molecule has 2 aromatic carbocycles. The molecule has 1 amide bonds. The topological polar surface area (TPSA) is 56.6 Å². The molecular formula is C22H20ClN3O2S. The summed E-state index contributed by atoms with van der Waals surface area (Å²) in [4.78, 5) is 16.9. The normalized spacial score (nSPS) is 19.1. The van der Waals surface area contributed by atoms with Gasteiger partial charge in [-0.15, -0.1) is 0 Å². The number of carbonyl (C=O) groups is 1.